The zero-order chi connectivity index (χ0) is 14.8. The number of nitrogens with one attached hydrogen (secondary N) is 1. The molecule has 2 nitrogen and oxygen atoms in total. The number of rotatable bonds is 6. The Hall–Kier alpha value is 0.0400. The summed E-state index contributed by atoms with van der Waals surface area (Å²) in [5, 5.41) is 4.67. The first-order valence-corrected chi connectivity index (χ1v) is 8.54. The number of halogens is 3. The molecule has 0 radical (unpaired) electrons. The van der Waals surface area contributed by atoms with E-state index in [-0.39, 0.29) is 5.60 Å². The van der Waals surface area contributed by atoms with Crippen LogP contribution in [0.1, 0.15) is 39.5 Å². The molecule has 1 saturated carbocycles. The molecule has 0 heterocycles. The van der Waals surface area contributed by atoms with Crippen molar-refractivity contribution in [3.8, 4) is 5.75 Å². The first-order valence-electron chi connectivity index (χ1n) is 6.99. The summed E-state index contributed by atoms with van der Waals surface area (Å²) in [5.41, 5.74) is -0.0807. The summed E-state index contributed by atoms with van der Waals surface area (Å²) in [6, 6.07) is 4.08. The minimum atomic E-state index is -0.0807. The van der Waals surface area contributed by atoms with Crippen molar-refractivity contribution >= 4 is 39.1 Å². The van der Waals surface area contributed by atoms with Gasteiger partial charge in [-0.15, -0.1) is 0 Å². The third-order valence-electron chi connectivity index (χ3n) is 3.70. The lowest BCUT2D eigenvalue weighted by Gasteiger charge is -2.42. The minimum Gasteiger partial charge on any atom is -0.486 e. The van der Waals surface area contributed by atoms with Gasteiger partial charge in [-0.2, -0.15) is 0 Å². The molecule has 112 valence electrons. The van der Waals surface area contributed by atoms with Gasteiger partial charge in [0.2, 0.25) is 0 Å². The van der Waals surface area contributed by atoms with E-state index in [1.807, 2.05) is 0 Å². The molecular weight excluding hydrogens is 361 g/mol. The highest BCUT2D eigenvalue weighted by atomic mass is 79.9. The Bertz CT molecular complexity index is 475. The number of hydrogen-bond acceptors (Lipinski definition) is 2. The molecule has 0 atom stereocenters. The average Bonchev–Trinajstić information content (AvgIpc) is 2.32. The standard InChI is InChI=1S/C15H20BrCl2NO/c1-10(2)19-7-6-15(4-3-5-15)20-14-9-12(17)11(16)8-13(14)18/h8-10,19H,3-7H2,1-2H3. The predicted molar refractivity (Wildman–Crippen MR) is 89.1 cm³/mol. The van der Waals surface area contributed by atoms with Crippen LogP contribution in [0.15, 0.2) is 16.6 Å². The maximum atomic E-state index is 6.24. The second-order valence-corrected chi connectivity index (χ2v) is 7.36. The molecule has 20 heavy (non-hydrogen) atoms. The van der Waals surface area contributed by atoms with E-state index in [0.29, 0.717) is 21.8 Å². The molecule has 0 saturated heterocycles. The van der Waals surface area contributed by atoms with E-state index in [9.17, 15) is 0 Å². The summed E-state index contributed by atoms with van der Waals surface area (Å²) in [6.45, 7) is 5.26. The second kappa shape index (κ2) is 6.87. The quantitative estimate of drug-likeness (QED) is 0.663. The molecule has 0 aliphatic heterocycles. The van der Waals surface area contributed by atoms with Crippen LogP contribution in [0.4, 0.5) is 0 Å². The van der Waals surface area contributed by atoms with Crippen LogP contribution < -0.4 is 10.1 Å². The first kappa shape index (κ1) is 16.4. The SMILES string of the molecule is CC(C)NCCC1(Oc2cc(Cl)c(Br)cc2Cl)CCC1. The Morgan fingerprint density at radius 1 is 1.30 bits per heavy atom. The molecule has 0 spiro atoms. The Kier molecular flexibility index (Phi) is 5.63. The Balaban J connectivity index is 2.04. The molecule has 0 bridgehead atoms. The Labute approximate surface area is 139 Å². The normalized spacial score (nSPS) is 17.1. The van der Waals surface area contributed by atoms with Gasteiger partial charge in [-0.1, -0.05) is 37.0 Å². The summed E-state index contributed by atoms with van der Waals surface area (Å²) in [6.07, 6.45) is 4.37. The van der Waals surface area contributed by atoms with E-state index in [2.05, 4.69) is 35.1 Å². The average molecular weight is 381 g/mol. The molecule has 1 aromatic rings. The fraction of sp³-hybridized carbons (Fsp3) is 0.600. The van der Waals surface area contributed by atoms with Crippen LogP contribution in [0, 0.1) is 0 Å². The van der Waals surface area contributed by atoms with Crippen LogP contribution in [-0.4, -0.2) is 18.2 Å². The number of hydrogen-bond donors (Lipinski definition) is 1. The molecule has 0 amide bonds. The Morgan fingerprint density at radius 3 is 2.55 bits per heavy atom. The molecule has 2 rings (SSSR count). The Morgan fingerprint density at radius 2 is 2.00 bits per heavy atom. The van der Waals surface area contributed by atoms with Gasteiger partial charge in [0, 0.05) is 16.6 Å². The van der Waals surface area contributed by atoms with Crippen LogP contribution in [0.25, 0.3) is 0 Å². The van der Waals surface area contributed by atoms with E-state index in [1.54, 1.807) is 12.1 Å². The summed E-state index contributed by atoms with van der Waals surface area (Å²) < 4.78 is 7.00. The summed E-state index contributed by atoms with van der Waals surface area (Å²) in [5.74, 6) is 0.684. The molecule has 1 aromatic carbocycles. The zero-order valence-corrected chi connectivity index (χ0v) is 14.9. The van der Waals surface area contributed by atoms with Crippen molar-refractivity contribution in [3.63, 3.8) is 0 Å². The van der Waals surface area contributed by atoms with Crippen molar-refractivity contribution in [1.82, 2.24) is 5.32 Å². The van der Waals surface area contributed by atoms with Crippen molar-refractivity contribution in [2.24, 2.45) is 0 Å². The third kappa shape index (κ3) is 4.03. The molecule has 1 aliphatic rings. The van der Waals surface area contributed by atoms with Gasteiger partial charge in [-0.05, 0) is 54.2 Å². The van der Waals surface area contributed by atoms with Crippen LogP contribution in [-0.2, 0) is 0 Å². The van der Waals surface area contributed by atoms with Gasteiger partial charge < -0.3 is 10.1 Å². The predicted octanol–water partition coefficient (Wildman–Crippen LogP) is 5.45. The molecule has 1 fully saturated rings. The van der Waals surface area contributed by atoms with Gasteiger partial charge in [0.1, 0.15) is 11.4 Å². The van der Waals surface area contributed by atoms with Gasteiger partial charge in [0.05, 0.1) is 10.0 Å². The van der Waals surface area contributed by atoms with E-state index in [4.69, 9.17) is 27.9 Å². The van der Waals surface area contributed by atoms with E-state index < -0.39 is 0 Å². The van der Waals surface area contributed by atoms with Crippen molar-refractivity contribution in [2.75, 3.05) is 6.54 Å². The van der Waals surface area contributed by atoms with Gasteiger partial charge in [-0.3, -0.25) is 0 Å². The van der Waals surface area contributed by atoms with E-state index >= 15 is 0 Å². The fourth-order valence-corrected chi connectivity index (χ4v) is 3.21. The maximum absolute atomic E-state index is 6.24. The lowest BCUT2D eigenvalue weighted by atomic mass is 9.77. The van der Waals surface area contributed by atoms with Crippen LogP contribution in [0.2, 0.25) is 10.0 Å². The van der Waals surface area contributed by atoms with E-state index in [0.717, 1.165) is 30.3 Å². The highest BCUT2D eigenvalue weighted by Crippen LogP contribution is 2.43. The monoisotopic (exact) mass is 379 g/mol. The summed E-state index contributed by atoms with van der Waals surface area (Å²) in [4.78, 5) is 0. The smallest absolute Gasteiger partial charge is 0.140 e. The lowest BCUT2D eigenvalue weighted by Crippen LogP contribution is -2.46. The maximum Gasteiger partial charge on any atom is 0.140 e. The topological polar surface area (TPSA) is 21.3 Å². The number of benzene rings is 1. The summed E-state index contributed by atoms with van der Waals surface area (Å²) in [7, 11) is 0. The second-order valence-electron chi connectivity index (χ2n) is 5.69. The van der Waals surface area contributed by atoms with Crippen molar-refractivity contribution in [3.05, 3.63) is 26.7 Å². The first-order chi connectivity index (χ1) is 9.42. The molecule has 1 N–H and O–H groups in total. The van der Waals surface area contributed by atoms with Gasteiger partial charge in [0.25, 0.3) is 0 Å². The highest BCUT2D eigenvalue weighted by Gasteiger charge is 2.39. The van der Waals surface area contributed by atoms with Crippen LogP contribution in [0.3, 0.4) is 0 Å². The highest BCUT2D eigenvalue weighted by molar-refractivity contribution is 9.10. The number of ether oxygens (including phenoxy) is 1. The summed E-state index contributed by atoms with van der Waals surface area (Å²) >= 11 is 15.7. The van der Waals surface area contributed by atoms with E-state index in [1.165, 1.54) is 6.42 Å². The fourth-order valence-electron chi connectivity index (χ4n) is 2.38. The molecule has 0 aromatic heterocycles. The largest absolute Gasteiger partial charge is 0.486 e. The lowest BCUT2D eigenvalue weighted by molar-refractivity contribution is -0.0144. The van der Waals surface area contributed by atoms with Crippen molar-refractivity contribution in [1.29, 1.82) is 0 Å². The molecule has 1 aliphatic carbocycles. The zero-order valence-electron chi connectivity index (χ0n) is 11.8. The van der Waals surface area contributed by atoms with Crippen LogP contribution >= 0.6 is 39.1 Å². The minimum absolute atomic E-state index is 0.0807. The van der Waals surface area contributed by atoms with Gasteiger partial charge in [0.15, 0.2) is 0 Å². The molecule has 0 unspecified atom stereocenters. The van der Waals surface area contributed by atoms with Gasteiger partial charge in [-0.25, -0.2) is 0 Å². The van der Waals surface area contributed by atoms with Gasteiger partial charge >= 0.3 is 0 Å². The van der Waals surface area contributed by atoms with Crippen molar-refractivity contribution in [2.45, 2.75) is 51.2 Å². The van der Waals surface area contributed by atoms with Crippen molar-refractivity contribution < 1.29 is 4.74 Å². The molecular formula is C15H20BrCl2NO. The molecule has 5 heteroatoms. The third-order valence-corrected chi connectivity index (χ3v) is 5.19. The van der Waals surface area contributed by atoms with Crippen LogP contribution in [0.5, 0.6) is 5.75 Å².